The first-order chi connectivity index (χ1) is 8.25. The maximum atomic E-state index is 12.3. The van der Waals surface area contributed by atoms with Crippen LogP contribution in [-0.4, -0.2) is 35.1 Å². The Labute approximate surface area is 101 Å². The van der Waals surface area contributed by atoms with Gasteiger partial charge in [0.15, 0.2) is 0 Å². The fraction of sp³-hybridized carbons (Fsp3) is 0.500. The average molecular weight is 231 g/mol. The van der Waals surface area contributed by atoms with Crippen molar-refractivity contribution in [1.82, 2.24) is 4.90 Å². The average Bonchev–Trinajstić information content (AvgIpc) is 2.31. The molecule has 1 aromatic rings. The van der Waals surface area contributed by atoms with Gasteiger partial charge in [0.1, 0.15) is 0 Å². The Hall–Kier alpha value is -1.35. The SMILES string of the molecule is O=C(C1Cc2ccccc21)N1CCC(O)CC1. The van der Waals surface area contributed by atoms with Gasteiger partial charge in [-0.2, -0.15) is 0 Å². The van der Waals surface area contributed by atoms with E-state index < -0.39 is 0 Å². The first-order valence-electron chi connectivity index (χ1n) is 6.30. The molecular formula is C14H17NO2. The van der Waals surface area contributed by atoms with Crippen LogP contribution in [0.3, 0.4) is 0 Å². The molecule has 1 aliphatic carbocycles. The molecule has 1 unspecified atom stereocenters. The van der Waals surface area contributed by atoms with Crippen molar-refractivity contribution in [3.05, 3.63) is 35.4 Å². The summed E-state index contributed by atoms with van der Waals surface area (Å²) in [5.41, 5.74) is 2.51. The van der Waals surface area contributed by atoms with Gasteiger partial charge in [0, 0.05) is 13.1 Å². The summed E-state index contributed by atoms with van der Waals surface area (Å²) in [7, 11) is 0. The predicted molar refractivity (Wildman–Crippen MR) is 64.7 cm³/mol. The Morgan fingerprint density at radius 3 is 2.65 bits per heavy atom. The number of fused-ring (bicyclic) bond motifs is 1. The zero-order valence-electron chi connectivity index (χ0n) is 9.80. The lowest BCUT2D eigenvalue weighted by Crippen LogP contribution is -2.44. The second kappa shape index (κ2) is 4.15. The van der Waals surface area contributed by atoms with Gasteiger partial charge >= 0.3 is 0 Å². The Morgan fingerprint density at radius 1 is 1.24 bits per heavy atom. The van der Waals surface area contributed by atoms with E-state index in [1.165, 1.54) is 11.1 Å². The Morgan fingerprint density at radius 2 is 1.94 bits per heavy atom. The maximum Gasteiger partial charge on any atom is 0.230 e. The van der Waals surface area contributed by atoms with Crippen LogP contribution in [0.1, 0.15) is 29.9 Å². The number of amides is 1. The van der Waals surface area contributed by atoms with Gasteiger partial charge in [-0.3, -0.25) is 4.79 Å². The molecule has 0 aromatic heterocycles. The standard InChI is InChI=1S/C14H17NO2/c16-11-5-7-15(8-6-11)14(17)13-9-10-3-1-2-4-12(10)13/h1-4,11,13,16H,5-9H2. The second-order valence-corrected chi connectivity index (χ2v) is 5.01. The van der Waals surface area contributed by atoms with Crippen molar-refractivity contribution in [2.24, 2.45) is 0 Å². The first kappa shape index (κ1) is 10.8. The van der Waals surface area contributed by atoms with Gasteiger partial charge in [-0.25, -0.2) is 0 Å². The van der Waals surface area contributed by atoms with Gasteiger partial charge < -0.3 is 10.0 Å². The second-order valence-electron chi connectivity index (χ2n) is 5.01. The summed E-state index contributed by atoms with van der Waals surface area (Å²) in [6.07, 6.45) is 2.11. The summed E-state index contributed by atoms with van der Waals surface area (Å²) < 4.78 is 0. The number of aliphatic hydroxyl groups is 1. The van der Waals surface area contributed by atoms with Gasteiger partial charge in [0.2, 0.25) is 5.91 Å². The fourth-order valence-corrected chi connectivity index (χ4v) is 2.79. The van der Waals surface area contributed by atoms with Gasteiger partial charge in [-0.05, 0) is 30.4 Å². The summed E-state index contributed by atoms with van der Waals surface area (Å²) in [6.45, 7) is 1.41. The van der Waals surface area contributed by atoms with E-state index in [0.717, 1.165) is 19.3 Å². The number of hydrogen-bond donors (Lipinski definition) is 1. The molecule has 1 aliphatic heterocycles. The fourth-order valence-electron chi connectivity index (χ4n) is 2.79. The van der Waals surface area contributed by atoms with Gasteiger partial charge in [-0.1, -0.05) is 24.3 Å². The van der Waals surface area contributed by atoms with Crippen LogP contribution in [-0.2, 0) is 11.2 Å². The third-order valence-corrected chi connectivity index (χ3v) is 3.93. The lowest BCUT2D eigenvalue weighted by atomic mass is 9.76. The molecule has 1 saturated heterocycles. The molecule has 1 atom stereocenters. The van der Waals surface area contributed by atoms with Gasteiger partial charge in [0.05, 0.1) is 12.0 Å². The van der Waals surface area contributed by atoms with Crippen molar-refractivity contribution in [2.45, 2.75) is 31.3 Å². The van der Waals surface area contributed by atoms with Crippen molar-refractivity contribution >= 4 is 5.91 Å². The van der Waals surface area contributed by atoms with Crippen LogP contribution < -0.4 is 0 Å². The van der Waals surface area contributed by atoms with Crippen molar-refractivity contribution < 1.29 is 9.90 Å². The van der Waals surface area contributed by atoms with Crippen molar-refractivity contribution in [1.29, 1.82) is 0 Å². The molecule has 1 amide bonds. The number of hydrogen-bond acceptors (Lipinski definition) is 2. The molecule has 1 fully saturated rings. The molecule has 2 aliphatic rings. The van der Waals surface area contributed by atoms with E-state index in [1.807, 2.05) is 17.0 Å². The minimum atomic E-state index is -0.215. The van der Waals surface area contributed by atoms with Crippen LogP contribution in [0.2, 0.25) is 0 Å². The minimum absolute atomic E-state index is 0.0708. The zero-order valence-corrected chi connectivity index (χ0v) is 9.80. The molecule has 0 bridgehead atoms. The molecule has 0 radical (unpaired) electrons. The molecule has 3 rings (SSSR count). The van der Waals surface area contributed by atoms with E-state index in [4.69, 9.17) is 0 Å². The molecule has 17 heavy (non-hydrogen) atoms. The van der Waals surface area contributed by atoms with Crippen LogP contribution in [0, 0.1) is 0 Å². The third-order valence-electron chi connectivity index (χ3n) is 3.93. The van der Waals surface area contributed by atoms with Gasteiger partial charge in [-0.15, -0.1) is 0 Å². The molecule has 0 spiro atoms. The van der Waals surface area contributed by atoms with Gasteiger partial charge in [0.25, 0.3) is 0 Å². The minimum Gasteiger partial charge on any atom is -0.393 e. The Bertz CT molecular complexity index is 436. The number of carbonyl (C=O) groups excluding carboxylic acids is 1. The smallest absolute Gasteiger partial charge is 0.230 e. The molecule has 1 heterocycles. The number of benzene rings is 1. The van der Waals surface area contributed by atoms with E-state index in [9.17, 15) is 9.90 Å². The monoisotopic (exact) mass is 231 g/mol. The number of rotatable bonds is 1. The highest BCUT2D eigenvalue weighted by Crippen LogP contribution is 2.36. The molecular weight excluding hydrogens is 214 g/mol. The molecule has 3 nitrogen and oxygen atoms in total. The summed E-state index contributed by atoms with van der Waals surface area (Å²) >= 11 is 0. The van der Waals surface area contributed by atoms with E-state index in [0.29, 0.717) is 13.1 Å². The molecule has 0 saturated carbocycles. The Kier molecular flexibility index (Phi) is 2.63. The Balaban J connectivity index is 1.69. The number of piperidine rings is 1. The van der Waals surface area contributed by atoms with Crippen LogP contribution >= 0.6 is 0 Å². The van der Waals surface area contributed by atoms with Crippen LogP contribution in [0.4, 0.5) is 0 Å². The summed E-state index contributed by atoms with van der Waals surface area (Å²) in [5, 5.41) is 9.44. The lowest BCUT2D eigenvalue weighted by molar-refractivity contribution is -0.135. The largest absolute Gasteiger partial charge is 0.393 e. The normalized spacial score (nSPS) is 24.1. The molecule has 90 valence electrons. The highest BCUT2D eigenvalue weighted by molar-refractivity contribution is 5.87. The molecule has 1 N–H and O–H groups in total. The summed E-state index contributed by atoms with van der Waals surface area (Å²) in [5.74, 6) is 0.317. The number of carbonyl (C=O) groups is 1. The number of aliphatic hydroxyl groups excluding tert-OH is 1. The summed E-state index contributed by atoms with van der Waals surface area (Å²) in [4.78, 5) is 14.2. The van der Waals surface area contributed by atoms with Crippen molar-refractivity contribution in [3.8, 4) is 0 Å². The lowest BCUT2D eigenvalue weighted by Gasteiger charge is -2.36. The zero-order chi connectivity index (χ0) is 11.8. The van der Waals surface area contributed by atoms with Crippen molar-refractivity contribution in [2.75, 3.05) is 13.1 Å². The molecule has 1 aromatic carbocycles. The topological polar surface area (TPSA) is 40.5 Å². The van der Waals surface area contributed by atoms with E-state index >= 15 is 0 Å². The van der Waals surface area contributed by atoms with Crippen LogP contribution in [0.25, 0.3) is 0 Å². The van der Waals surface area contributed by atoms with E-state index in [-0.39, 0.29) is 17.9 Å². The third kappa shape index (κ3) is 1.84. The van der Waals surface area contributed by atoms with Crippen LogP contribution in [0.15, 0.2) is 24.3 Å². The van der Waals surface area contributed by atoms with E-state index in [2.05, 4.69) is 12.1 Å². The number of likely N-dealkylation sites (tertiary alicyclic amines) is 1. The van der Waals surface area contributed by atoms with E-state index in [1.54, 1.807) is 0 Å². The molecule has 3 heteroatoms. The quantitative estimate of drug-likeness (QED) is 0.791. The van der Waals surface area contributed by atoms with Crippen LogP contribution in [0.5, 0.6) is 0 Å². The first-order valence-corrected chi connectivity index (χ1v) is 6.30. The highest BCUT2D eigenvalue weighted by Gasteiger charge is 2.35. The number of nitrogens with zero attached hydrogens (tertiary/aromatic N) is 1. The summed E-state index contributed by atoms with van der Waals surface area (Å²) in [6, 6.07) is 8.17. The highest BCUT2D eigenvalue weighted by atomic mass is 16.3. The predicted octanol–water partition coefficient (Wildman–Crippen LogP) is 1.31. The van der Waals surface area contributed by atoms with Crippen molar-refractivity contribution in [3.63, 3.8) is 0 Å². The maximum absolute atomic E-state index is 12.3.